The van der Waals surface area contributed by atoms with Crippen molar-refractivity contribution in [3.63, 3.8) is 0 Å². The van der Waals surface area contributed by atoms with Gasteiger partial charge in [0.15, 0.2) is 11.6 Å². The molecule has 1 aliphatic heterocycles. The molecule has 0 amide bonds. The molecule has 33 heavy (non-hydrogen) atoms. The average Bonchev–Trinajstić information content (AvgIpc) is 3.06. The lowest BCUT2D eigenvalue weighted by molar-refractivity contribution is 0.0950. The fraction of sp³-hybridized carbons (Fsp3) is 0.476. The van der Waals surface area contributed by atoms with E-state index in [1.54, 1.807) is 13.0 Å². The third kappa shape index (κ3) is 4.55. The molecule has 0 spiro atoms. The van der Waals surface area contributed by atoms with Crippen LogP contribution in [0.4, 0.5) is 14.7 Å². The highest BCUT2D eigenvalue weighted by Crippen LogP contribution is 2.30. The Morgan fingerprint density at radius 2 is 1.94 bits per heavy atom. The molecule has 178 valence electrons. The highest BCUT2D eigenvalue weighted by molar-refractivity contribution is 7.88. The number of halogens is 2. The summed E-state index contributed by atoms with van der Waals surface area (Å²) < 4.78 is 56.0. The SMILES string of the molecule is Cc1nc2c(F)cc(-c3nc(N[C@@H]4CCN(S(C)(=O)=O)C[C@H]4O)ncc3F)cc2n1C(C)C. The third-order valence-electron chi connectivity index (χ3n) is 5.79. The highest BCUT2D eigenvalue weighted by Gasteiger charge is 2.32. The van der Waals surface area contributed by atoms with Crippen molar-refractivity contribution in [3.8, 4) is 11.3 Å². The van der Waals surface area contributed by atoms with Crippen LogP contribution in [0.15, 0.2) is 18.3 Å². The second kappa shape index (κ2) is 8.58. The van der Waals surface area contributed by atoms with Crippen LogP contribution in [0.3, 0.4) is 0 Å². The van der Waals surface area contributed by atoms with Crippen molar-refractivity contribution in [2.45, 2.75) is 45.4 Å². The number of aromatic nitrogens is 4. The van der Waals surface area contributed by atoms with Gasteiger partial charge in [0, 0.05) is 24.7 Å². The molecule has 2 N–H and O–H groups in total. The minimum Gasteiger partial charge on any atom is -0.390 e. The van der Waals surface area contributed by atoms with Gasteiger partial charge in [0.05, 0.1) is 30.1 Å². The number of hydrogen-bond donors (Lipinski definition) is 2. The lowest BCUT2D eigenvalue weighted by Crippen LogP contribution is -2.51. The van der Waals surface area contributed by atoms with Gasteiger partial charge in [-0.1, -0.05) is 0 Å². The van der Waals surface area contributed by atoms with Crippen LogP contribution in [0.5, 0.6) is 0 Å². The van der Waals surface area contributed by atoms with Crippen molar-refractivity contribution < 1.29 is 22.3 Å². The van der Waals surface area contributed by atoms with Crippen LogP contribution in [-0.4, -0.2) is 68.8 Å². The van der Waals surface area contributed by atoms with Crippen LogP contribution in [0.25, 0.3) is 22.3 Å². The summed E-state index contributed by atoms with van der Waals surface area (Å²) in [5.74, 6) is -0.603. The summed E-state index contributed by atoms with van der Waals surface area (Å²) in [6, 6.07) is 2.34. The number of sulfonamides is 1. The molecule has 0 aliphatic carbocycles. The number of aryl methyl sites for hydroxylation is 1. The minimum atomic E-state index is -3.41. The zero-order chi connectivity index (χ0) is 24.1. The van der Waals surface area contributed by atoms with Crippen LogP contribution in [0.1, 0.15) is 32.1 Å². The quantitative estimate of drug-likeness (QED) is 0.577. The number of benzene rings is 1. The number of anilines is 1. The number of nitrogens with zero attached hydrogens (tertiary/aromatic N) is 5. The molecule has 0 bridgehead atoms. The first kappa shape index (κ1) is 23.5. The minimum absolute atomic E-state index is 0.0245. The Kier molecular flexibility index (Phi) is 6.10. The zero-order valence-electron chi connectivity index (χ0n) is 18.7. The third-order valence-corrected chi connectivity index (χ3v) is 7.06. The van der Waals surface area contributed by atoms with Crippen LogP contribution in [0.2, 0.25) is 0 Å². The van der Waals surface area contributed by atoms with Crippen LogP contribution in [0, 0.1) is 18.6 Å². The molecule has 2 aromatic heterocycles. The standard InChI is InChI=1S/C21H26F2N6O3S/c1-11(2)29-12(3)25-20-14(22)7-13(8-17(20)29)19-15(23)9-24-21(27-19)26-16-5-6-28(10-18(16)30)33(4,31)32/h7-9,11,16,18,30H,5-6,10H2,1-4H3,(H,24,26,27)/t16-,18-/m1/s1. The first-order valence-corrected chi connectivity index (χ1v) is 12.4. The average molecular weight is 481 g/mol. The second-order valence-corrected chi connectivity index (χ2v) is 10.5. The molecule has 12 heteroatoms. The van der Waals surface area contributed by atoms with Gasteiger partial charge in [0.25, 0.3) is 0 Å². The summed E-state index contributed by atoms with van der Waals surface area (Å²) in [7, 11) is -3.41. The number of aliphatic hydroxyl groups is 1. The predicted octanol–water partition coefficient (Wildman–Crippen LogP) is 2.47. The van der Waals surface area contributed by atoms with E-state index < -0.39 is 33.8 Å². The van der Waals surface area contributed by atoms with Gasteiger partial charge >= 0.3 is 0 Å². The van der Waals surface area contributed by atoms with Gasteiger partial charge in [-0.15, -0.1) is 0 Å². The smallest absolute Gasteiger partial charge is 0.223 e. The van der Waals surface area contributed by atoms with Gasteiger partial charge in [0.1, 0.15) is 17.0 Å². The van der Waals surface area contributed by atoms with Crippen LogP contribution >= 0.6 is 0 Å². The lowest BCUT2D eigenvalue weighted by Gasteiger charge is -2.34. The molecule has 1 aliphatic rings. The van der Waals surface area contributed by atoms with Crippen molar-refractivity contribution in [2.75, 3.05) is 24.7 Å². The summed E-state index contributed by atoms with van der Waals surface area (Å²) >= 11 is 0. The fourth-order valence-electron chi connectivity index (χ4n) is 4.23. The van der Waals surface area contributed by atoms with Crippen LogP contribution in [-0.2, 0) is 10.0 Å². The molecule has 3 heterocycles. The summed E-state index contributed by atoms with van der Waals surface area (Å²) in [5, 5.41) is 13.3. The zero-order valence-corrected chi connectivity index (χ0v) is 19.6. The Morgan fingerprint density at radius 1 is 1.21 bits per heavy atom. The van der Waals surface area contributed by atoms with Gasteiger partial charge < -0.3 is 15.0 Å². The van der Waals surface area contributed by atoms with Gasteiger partial charge in [-0.2, -0.15) is 4.31 Å². The van der Waals surface area contributed by atoms with Gasteiger partial charge in [-0.25, -0.2) is 32.2 Å². The molecule has 0 saturated carbocycles. The number of imidazole rings is 1. The maximum atomic E-state index is 14.8. The van der Waals surface area contributed by atoms with E-state index in [2.05, 4.69) is 20.3 Å². The van der Waals surface area contributed by atoms with Crippen molar-refractivity contribution in [1.82, 2.24) is 23.8 Å². The van der Waals surface area contributed by atoms with Crippen molar-refractivity contribution in [3.05, 3.63) is 35.8 Å². The monoisotopic (exact) mass is 480 g/mol. The molecular weight excluding hydrogens is 454 g/mol. The first-order chi connectivity index (χ1) is 15.5. The highest BCUT2D eigenvalue weighted by atomic mass is 32.2. The summed E-state index contributed by atoms with van der Waals surface area (Å²) in [6.45, 7) is 5.85. The Balaban J connectivity index is 1.66. The fourth-order valence-corrected chi connectivity index (χ4v) is 5.10. The Hall–Kier alpha value is -2.70. The number of hydrogen-bond acceptors (Lipinski definition) is 7. The van der Waals surface area contributed by atoms with Crippen molar-refractivity contribution >= 4 is 27.0 Å². The molecule has 1 fully saturated rings. The van der Waals surface area contributed by atoms with E-state index in [-0.39, 0.29) is 41.9 Å². The van der Waals surface area contributed by atoms with E-state index >= 15 is 0 Å². The molecule has 0 radical (unpaired) electrons. The van der Waals surface area contributed by atoms with E-state index in [1.165, 1.54) is 10.4 Å². The summed E-state index contributed by atoms with van der Waals surface area (Å²) in [5.41, 5.74) is 0.884. The van der Waals surface area contributed by atoms with E-state index in [0.717, 1.165) is 12.5 Å². The molecule has 9 nitrogen and oxygen atoms in total. The van der Waals surface area contributed by atoms with Gasteiger partial charge in [-0.05, 0) is 39.3 Å². The van der Waals surface area contributed by atoms with E-state index in [9.17, 15) is 22.3 Å². The van der Waals surface area contributed by atoms with Crippen molar-refractivity contribution in [1.29, 1.82) is 0 Å². The Labute approximate surface area is 190 Å². The molecular formula is C21H26F2N6O3S. The topological polar surface area (TPSA) is 113 Å². The van der Waals surface area contributed by atoms with Crippen molar-refractivity contribution in [2.24, 2.45) is 0 Å². The first-order valence-electron chi connectivity index (χ1n) is 10.6. The molecule has 1 aromatic carbocycles. The number of aliphatic hydroxyl groups excluding tert-OH is 1. The molecule has 1 saturated heterocycles. The number of nitrogens with one attached hydrogen (secondary N) is 1. The Bertz CT molecular complexity index is 1310. The summed E-state index contributed by atoms with van der Waals surface area (Å²) in [6.07, 6.45) is 1.39. The number of rotatable bonds is 5. The number of piperidine rings is 1. The lowest BCUT2D eigenvalue weighted by atomic mass is 10.0. The summed E-state index contributed by atoms with van der Waals surface area (Å²) in [4.78, 5) is 12.5. The molecule has 2 atom stereocenters. The molecule has 3 aromatic rings. The predicted molar refractivity (Wildman–Crippen MR) is 120 cm³/mol. The largest absolute Gasteiger partial charge is 0.390 e. The van der Waals surface area contributed by atoms with E-state index in [1.807, 2.05) is 18.4 Å². The maximum Gasteiger partial charge on any atom is 0.223 e. The maximum absolute atomic E-state index is 14.8. The second-order valence-electron chi connectivity index (χ2n) is 8.57. The van der Waals surface area contributed by atoms with Gasteiger partial charge in [0.2, 0.25) is 16.0 Å². The van der Waals surface area contributed by atoms with E-state index in [0.29, 0.717) is 17.8 Å². The van der Waals surface area contributed by atoms with E-state index in [4.69, 9.17) is 0 Å². The molecule has 4 rings (SSSR count). The number of β-amino-alcohol motifs (C(OH)–C–C–N with tert-alkyl or cyclic N) is 1. The normalized spacial score (nSPS) is 20.0. The molecule has 0 unspecified atom stereocenters. The van der Waals surface area contributed by atoms with Crippen LogP contribution < -0.4 is 5.32 Å². The number of fused-ring (bicyclic) bond motifs is 1. The Morgan fingerprint density at radius 3 is 2.58 bits per heavy atom. The van der Waals surface area contributed by atoms with Gasteiger partial charge in [-0.3, -0.25) is 0 Å².